The second kappa shape index (κ2) is 16.5. The maximum atomic E-state index is 2.57. The predicted molar refractivity (Wildman–Crippen MR) is 162 cm³/mol. The number of benzene rings is 3. The van der Waals surface area contributed by atoms with Crippen molar-refractivity contribution < 1.29 is 58.9 Å². The van der Waals surface area contributed by atoms with Gasteiger partial charge in [0.05, 0.1) is 0 Å². The maximum absolute atomic E-state index is 2.57. The van der Waals surface area contributed by atoms with E-state index >= 15 is 0 Å². The molecule has 1 radical (unpaired) electrons. The molecule has 3 aromatic rings. The minimum Gasteiger partial charge on any atom is -1.00 e. The Bertz CT molecular complexity index is 1170. The van der Waals surface area contributed by atoms with Gasteiger partial charge in [-0.2, -0.15) is 0 Å². The van der Waals surface area contributed by atoms with Crippen LogP contribution in [0.25, 0.3) is 0 Å². The van der Waals surface area contributed by atoms with Crippen LogP contribution in [0.5, 0.6) is 0 Å². The quantitative estimate of drug-likeness (QED) is 0.218. The summed E-state index contributed by atoms with van der Waals surface area (Å²) in [6, 6.07) is 28.7. The molecular formula is C35H44Cl3SiTi. The first kappa shape index (κ1) is 38.9. The molecule has 0 atom stereocenters. The molecule has 0 nitrogen and oxygen atoms in total. The van der Waals surface area contributed by atoms with E-state index < -0.39 is 8.07 Å². The average molecular weight is 647 g/mol. The molecule has 0 amide bonds. The van der Waals surface area contributed by atoms with Crippen molar-refractivity contribution in [2.75, 3.05) is 0 Å². The first-order chi connectivity index (χ1) is 17.1. The summed E-state index contributed by atoms with van der Waals surface area (Å²) in [5.41, 5.74) is 5.78. The van der Waals surface area contributed by atoms with Gasteiger partial charge in [-0.25, -0.2) is 0 Å². The average Bonchev–Trinajstić information content (AvgIpc) is 3.36. The monoisotopic (exact) mass is 645 g/mol. The van der Waals surface area contributed by atoms with Crippen molar-refractivity contribution in [2.45, 2.75) is 79.6 Å². The summed E-state index contributed by atoms with van der Waals surface area (Å²) < 4.78 is 0. The Hall–Kier alpha value is -1.06. The van der Waals surface area contributed by atoms with Crippen LogP contribution >= 0.6 is 0 Å². The van der Waals surface area contributed by atoms with Crippen LogP contribution in [0.3, 0.4) is 0 Å². The van der Waals surface area contributed by atoms with Gasteiger partial charge < -0.3 is 37.2 Å². The van der Waals surface area contributed by atoms with Gasteiger partial charge in [-0.05, 0) is 67.9 Å². The summed E-state index contributed by atoms with van der Waals surface area (Å²) in [4.78, 5) is 0. The van der Waals surface area contributed by atoms with Gasteiger partial charge in [0.25, 0.3) is 0 Å². The number of hydrogen-bond donors (Lipinski definition) is 0. The van der Waals surface area contributed by atoms with Crippen molar-refractivity contribution in [2.24, 2.45) is 5.92 Å². The molecule has 3 aromatic carbocycles. The third kappa shape index (κ3) is 7.86. The van der Waals surface area contributed by atoms with Gasteiger partial charge in [-0.3, -0.25) is 0 Å². The molecule has 0 saturated heterocycles. The summed E-state index contributed by atoms with van der Waals surface area (Å²) in [7, 11) is -2.50. The number of hydrogen-bond acceptors (Lipinski definition) is 0. The third-order valence-corrected chi connectivity index (χ3v) is 12.8. The van der Waals surface area contributed by atoms with E-state index in [1.165, 1.54) is 37.8 Å². The zero-order valence-corrected chi connectivity index (χ0v) is 30.1. The summed E-state index contributed by atoms with van der Waals surface area (Å²) in [6.45, 7) is 18.5. The Morgan fingerprint density at radius 2 is 0.875 bits per heavy atom. The maximum Gasteiger partial charge on any atom is 3.00 e. The number of halogens is 3. The van der Waals surface area contributed by atoms with Gasteiger partial charge in [0.1, 0.15) is 0 Å². The molecular weight excluding hydrogens is 603 g/mol. The number of allylic oxidation sites excluding steroid dienone is 4. The first-order valence-corrected chi connectivity index (χ1v) is 15.9. The van der Waals surface area contributed by atoms with Crippen molar-refractivity contribution in [3.63, 3.8) is 0 Å². The molecule has 0 aromatic heterocycles. The molecule has 0 spiro atoms. The summed E-state index contributed by atoms with van der Waals surface area (Å²) in [5, 5.41) is 6.16. The summed E-state index contributed by atoms with van der Waals surface area (Å²) in [6.07, 6.45) is 6.11. The van der Waals surface area contributed by atoms with Crippen LogP contribution in [0.15, 0.2) is 95.7 Å². The van der Waals surface area contributed by atoms with Gasteiger partial charge in [0.15, 0.2) is 8.07 Å². The van der Waals surface area contributed by atoms with Crippen molar-refractivity contribution >= 4 is 23.6 Å². The summed E-state index contributed by atoms with van der Waals surface area (Å²) >= 11 is 0. The van der Waals surface area contributed by atoms with E-state index in [4.69, 9.17) is 0 Å². The van der Waals surface area contributed by atoms with E-state index in [9.17, 15) is 0 Å². The fourth-order valence-corrected chi connectivity index (χ4v) is 10.8. The zero-order chi connectivity index (χ0) is 26.0. The molecule has 0 fully saturated rings. The fraction of sp³-hybridized carbons (Fsp3) is 0.371. The van der Waals surface area contributed by atoms with Crippen LogP contribution in [0.2, 0.25) is 0 Å². The van der Waals surface area contributed by atoms with Crippen molar-refractivity contribution in [3.05, 3.63) is 112 Å². The minimum absolute atomic E-state index is 0. The Morgan fingerprint density at radius 3 is 1.15 bits per heavy atom. The predicted octanol–water partition coefficient (Wildman–Crippen LogP) is -1.01. The standard InChI is InChI=1S/C35H44Si.3ClH.Ti/c1-24(2)28-12-9-15-32(20-28)36(35-19-18-31(23-35)27(7)8,33-16-10-13-29(21-33)25(3)4)34-17-11-14-30(22-34)26(5)6;;;;/h9-18,20-27H,19H2,1-8H3;3*1H;/q;;;;+3/p-3. The van der Waals surface area contributed by atoms with Crippen molar-refractivity contribution in [1.82, 2.24) is 0 Å². The third-order valence-electron chi connectivity index (χ3n) is 8.01. The van der Waals surface area contributed by atoms with Gasteiger partial charge in [-0.15, -0.1) is 0 Å². The Labute approximate surface area is 278 Å². The van der Waals surface area contributed by atoms with E-state index in [0.717, 1.165) is 6.42 Å². The Kier molecular flexibility index (Phi) is 16.1. The zero-order valence-electron chi connectivity index (χ0n) is 25.2. The SMILES string of the molecule is CC(C)C1=CCC([Si](c2cccc(C(C)C)c2)(c2cccc(C(C)C)c2)c2cccc(C(C)C)c2)=C1.[Cl-].[Cl-].[Cl-].[Ti+3]. The molecule has 213 valence electrons. The molecule has 5 heteroatoms. The van der Waals surface area contributed by atoms with Crippen LogP contribution in [0, 0.1) is 5.92 Å². The second-order valence-electron chi connectivity index (χ2n) is 11.8. The number of rotatable bonds is 8. The van der Waals surface area contributed by atoms with E-state index in [2.05, 4.69) is 140 Å². The summed E-state index contributed by atoms with van der Waals surface area (Å²) in [5.74, 6) is 2.05. The largest absolute Gasteiger partial charge is 3.00 e. The van der Waals surface area contributed by atoms with E-state index in [0.29, 0.717) is 23.7 Å². The minimum atomic E-state index is -2.50. The van der Waals surface area contributed by atoms with E-state index in [-0.39, 0.29) is 58.9 Å². The Balaban J connectivity index is 0.00000380. The second-order valence-corrected chi connectivity index (χ2v) is 15.7. The molecule has 1 aliphatic rings. The molecule has 0 bridgehead atoms. The van der Waals surface area contributed by atoms with Crippen molar-refractivity contribution in [3.8, 4) is 0 Å². The molecule has 0 aliphatic heterocycles. The molecule has 4 rings (SSSR count). The van der Waals surface area contributed by atoms with Gasteiger partial charge in [0.2, 0.25) is 0 Å². The van der Waals surface area contributed by atoms with E-state index in [1.54, 1.807) is 5.20 Å². The smallest absolute Gasteiger partial charge is 1.00 e. The van der Waals surface area contributed by atoms with Gasteiger partial charge in [-0.1, -0.05) is 146 Å². The van der Waals surface area contributed by atoms with Crippen LogP contribution in [0.4, 0.5) is 0 Å². The first-order valence-electron chi connectivity index (χ1n) is 13.9. The fourth-order valence-electron chi connectivity index (χ4n) is 5.66. The molecule has 40 heavy (non-hydrogen) atoms. The normalized spacial score (nSPS) is 12.8. The molecule has 0 heterocycles. The van der Waals surface area contributed by atoms with Gasteiger partial charge in [0, 0.05) is 0 Å². The molecule has 0 saturated carbocycles. The Morgan fingerprint density at radius 1 is 0.525 bits per heavy atom. The van der Waals surface area contributed by atoms with E-state index in [1.807, 2.05) is 0 Å². The van der Waals surface area contributed by atoms with Crippen LogP contribution in [0.1, 0.15) is 96.3 Å². The molecule has 0 unspecified atom stereocenters. The van der Waals surface area contributed by atoms with Crippen LogP contribution < -0.4 is 52.8 Å². The van der Waals surface area contributed by atoms with Crippen LogP contribution in [-0.2, 0) is 21.7 Å². The topological polar surface area (TPSA) is 0 Å². The van der Waals surface area contributed by atoms with Crippen LogP contribution in [-0.4, -0.2) is 8.07 Å². The molecule has 0 N–H and O–H groups in total. The van der Waals surface area contributed by atoms with Crippen molar-refractivity contribution in [1.29, 1.82) is 0 Å². The van der Waals surface area contributed by atoms with Gasteiger partial charge >= 0.3 is 21.7 Å². The molecule has 1 aliphatic carbocycles.